The number of hydrogen-bond donors (Lipinski definition) is 0. The fourth-order valence-corrected chi connectivity index (χ4v) is 3.19. The fraction of sp³-hybridized carbons (Fsp3) is 0.429. The van der Waals surface area contributed by atoms with Crippen LogP contribution in [0.2, 0.25) is 15.8 Å². The van der Waals surface area contributed by atoms with Crippen molar-refractivity contribution >= 4 is 20.2 Å². The van der Waals surface area contributed by atoms with Gasteiger partial charge in [0.1, 0.15) is 0 Å². The minimum atomic E-state index is -0.171. The third-order valence-electron chi connectivity index (χ3n) is 2.77. The van der Waals surface area contributed by atoms with Crippen LogP contribution in [0.5, 0.6) is 0 Å². The summed E-state index contributed by atoms with van der Waals surface area (Å²) in [6.07, 6.45) is 1.83. The molecule has 0 radical (unpaired) electrons. The maximum Gasteiger partial charge on any atom is 0.261 e. The zero-order valence-electron chi connectivity index (χ0n) is 10.4. The van der Waals surface area contributed by atoms with E-state index in [0.717, 1.165) is 0 Å². The Morgan fingerprint density at radius 1 is 1.00 bits per heavy atom. The van der Waals surface area contributed by atoms with E-state index in [2.05, 4.69) is 27.4 Å². The molecule has 15 heavy (non-hydrogen) atoms. The number of rotatable bonds is 4. The maximum atomic E-state index is 3.63. The molecular formula is C14H23Al. The predicted octanol–water partition coefficient (Wildman–Crippen LogP) is 4.87. The Balaban J connectivity index is 0.000000265. The SMILES string of the molecule is C=Cc1ccccc1.C[CH2][Al]([CH2]C)[CH2]C. The van der Waals surface area contributed by atoms with E-state index in [1.807, 2.05) is 36.4 Å². The minimum absolute atomic E-state index is 0.171. The molecule has 82 valence electrons. The molecule has 1 rings (SSSR count). The lowest BCUT2D eigenvalue weighted by molar-refractivity contribution is 1.24. The molecule has 0 atom stereocenters. The monoisotopic (exact) mass is 218 g/mol. The third kappa shape index (κ3) is 7.42. The number of benzene rings is 1. The fourth-order valence-electron chi connectivity index (χ4n) is 1.46. The molecule has 0 aliphatic rings. The van der Waals surface area contributed by atoms with Gasteiger partial charge in [0, 0.05) is 0 Å². The summed E-state index contributed by atoms with van der Waals surface area (Å²) in [7, 11) is 0. The molecule has 0 N–H and O–H groups in total. The molecule has 0 aromatic heterocycles. The van der Waals surface area contributed by atoms with Crippen LogP contribution in [0.25, 0.3) is 6.08 Å². The first-order valence-electron chi connectivity index (χ1n) is 5.95. The standard InChI is InChI=1S/C8H8.3C2H5.Al/c1-2-8-6-4-3-5-7-8;3*1-2;/h2-7H,1H2;3*1H2,2H3;. The van der Waals surface area contributed by atoms with Crippen LogP contribution >= 0.6 is 0 Å². The second-order valence-corrected chi connectivity index (χ2v) is 7.89. The van der Waals surface area contributed by atoms with Crippen LogP contribution in [0.1, 0.15) is 26.3 Å². The average Bonchev–Trinajstić information content (AvgIpc) is 2.33. The summed E-state index contributed by atoms with van der Waals surface area (Å²) in [6, 6.07) is 10.0. The van der Waals surface area contributed by atoms with Crippen molar-refractivity contribution in [3.63, 3.8) is 0 Å². The van der Waals surface area contributed by atoms with Crippen LogP contribution in [-0.2, 0) is 0 Å². The first-order chi connectivity index (χ1) is 7.28. The van der Waals surface area contributed by atoms with E-state index >= 15 is 0 Å². The Bertz CT molecular complexity index is 231. The van der Waals surface area contributed by atoms with Gasteiger partial charge in [0.25, 0.3) is 14.1 Å². The summed E-state index contributed by atoms with van der Waals surface area (Å²) in [4.78, 5) is 0. The van der Waals surface area contributed by atoms with Crippen molar-refractivity contribution in [1.82, 2.24) is 0 Å². The molecule has 0 bridgehead atoms. The maximum absolute atomic E-state index is 3.63. The first kappa shape index (κ1) is 14.5. The van der Waals surface area contributed by atoms with E-state index in [9.17, 15) is 0 Å². The second-order valence-electron chi connectivity index (χ2n) is 3.71. The Kier molecular flexibility index (Phi) is 9.69. The summed E-state index contributed by atoms with van der Waals surface area (Å²) in [6.45, 7) is 10.6. The lowest BCUT2D eigenvalue weighted by Gasteiger charge is -1.97. The van der Waals surface area contributed by atoms with Crippen LogP contribution < -0.4 is 0 Å². The molecule has 0 amide bonds. The molecule has 0 saturated carbocycles. The first-order valence-corrected chi connectivity index (χ1v) is 8.40. The van der Waals surface area contributed by atoms with E-state index in [4.69, 9.17) is 0 Å². The highest BCUT2D eigenvalue weighted by Crippen LogP contribution is 2.01. The van der Waals surface area contributed by atoms with Gasteiger partial charge >= 0.3 is 0 Å². The zero-order valence-corrected chi connectivity index (χ0v) is 11.5. The van der Waals surface area contributed by atoms with Gasteiger partial charge in [-0.3, -0.25) is 0 Å². The molecule has 0 nitrogen and oxygen atoms in total. The normalized spacial score (nSPS) is 8.73. The molecule has 1 aromatic carbocycles. The van der Waals surface area contributed by atoms with Crippen molar-refractivity contribution in [2.45, 2.75) is 36.6 Å². The molecular weight excluding hydrogens is 195 g/mol. The van der Waals surface area contributed by atoms with Crippen LogP contribution in [0, 0.1) is 0 Å². The Morgan fingerprint density at radius 3 is 1.67 bits per heavy atom. The van der Waals surface area contributed by atoms with Crippen LogP contribution in [0.15, 0.2) is 36.9 Å². The summed E-state index contributed by atoms with van der Waals surface area (Å²) in [5, 5.41) is 4.48. The summed E-state index contributed by atoms with van der Waals surface area (Å²) >= 11 is -0.171. The van der Waals surface area contributed by atoms with Gasteiger partial charge in [-0.15, -0.1) is 0 Å². The topological polar surface area (TPSA) is 0 Å². The van der Waals surface area contributed by atoms with E-state index in [0.29, 0.717) is 0 Å². The van der Waals surface area contributed by atoms with Crippen molar-refractivity contribution in [1.29, 1.82) is 0 Å². The zero-order chi connectivity index (χ0) is 11.5. The molecule has 0 spiro atoms. The largest absolute Gasteiger partial charge is 0.261 e. The molecule has 0 heterocycles. The molecule has 1 aromatic rings. The van der Waals surface area contributed by atoms with E-state index < -0.39 is 0 Å². The van der Waals surface area contributed by atoms with Crippen LogP contribution in [0.4, 0.5) is 0 Å². The minimum Gasteiger partial charge on any atom is -0.0985 e. The van der Waals surface area contributed by atoms with Crippen molar-refractivity contribution < 1.29 is 0 Å². The smallest absolute Gasteiger partial charge is 0.0985 e. The van der Waals surface area contributed by atoms with E-state index in [1.165, 1.54) is 21.4 Å². The summed E-state index contributed by atoms with van der Waals surface area (Å²) in [5.41, 5.74) is 1.17. The molecule has 1 heteroatoms. The molecule has 0 aliphatic heterocycles. The summed E-state index contributed by atoms with van der Waals surface area (Å²) in [5.74, 6) is 0. The highest BCUT2D eigenvalue weighted by molar-refractivity contribution is 6.58. The van der Waals surface area contributed by atoms with Crippen molar-refractivity contribution in [3.05, 3.63) is 42.5 Å². The molecule has 0 fully saturated rings. The highest BCUT2D eigenvalue weighted by atomic mass is 27.2. The average molecular weight is 218 g/mol. The molecule has 0 saturated heterocycles. The lowest BCUT2D eigenvalue weighted by Crippen LogP contribution is -2.04. The van der Waals surface area contributed by atoms with Gasteiger partial charge in [-0.25, -0.2) is 0 Å². The quantitative estimate of drug-likeness (QED) is 0.632. The Labute approximate surface area is 99.4 Å². The summed E-state index contributed by atoms with van der Waals surface area (Å²) < 4.78 is 0. The predicted molar refractivity (Wildman–Crippen MR) is 73.7 cm³/mol. The van der Waals surface area contributed by atoms with E-state index in [-0.39, 0.29) is 14.1 Å². The highest BCUT2D eigenvalue weighted by Gasteiger charge is 2.05. The van der Waals surface area contributed by atoms with Gasteiger partial charge in [0.05, 0.1) is 0 Å². The van der Waals surface area contributed by atoms with Gasteiger partial charge in [-0.1, -0.05) is 79.6 Å². The van der Waals surface area contributed by atoms with Crippen molar-refractivity contribution in [2.75, 3.05) is 0 Å². The van der Waals surface area contributed by atoms with Crippen LogP contribution in [0.3, 0.4) is 0 Å². The van der Waals surface area contributed by atoms with Gasteiger partial charge < -0.3 is 0 Å². The van der Waals surface area contributed by atoms with Gasteiger partial charge in [0.15, 0.2) is 0 Å². The van der Waals surface area contributed by atoms with Gasteiger partial charge in [0.2, 0.25) is 0 Å². The van der Waals surface area contributed by atoms with Gasteiger partial charge in [-0.05, 0) is 5.56 Å². The lowest BCUT2D eigenvalue weighted by atomic mass is 10.2. The van der Waals surface area contributed by atoms with Gasteiger partial charge in [-0.2, -0.15) is 0 Å². The Morgan fingerprint density at radius 2 is 1.47 bits per heavy atom. The van der Waals surface area contributed by atoms with Crippen LogP contribution in [-0.4, -0.2) is 14.1 Å². The molecule has 0 aliphatic carbocycles. The second kappa shape index (κ2) is 10.0. The van der Waals surface area contributed by atoms with E-state index in [1.54, 1.807) is 0 Å². The Hall–Kier alpha value is -0.508. The third-order valence-corrected chi connectivity index (χ3v) is 6.23. The van der Waals surface area contributed by atoms with Crippen molar-refractivity contribution in [2.24, 2.45) is 0 Å². The molecule has 0 unspecified atom stereocenters. The van der Waals surface area contributed by atoms with Crippen molar-refractivity contribution in [3.8, 4) is 0 Å². The number of hydrogen-bond acceptors (Lipinski definition) is 0.